The number of amides is 2. The molecule has 0 aliphatic heterocycles. The highest BCUT2D eigenvalue weighted by molar-refractivity contribution is 7.92. The summed E-state index contributed by atoms with van der Waals surface area (Å²) in [6.07, 6.45) is 1.37. The van der Waals surface area contributed by atoms with Gasteiger partial charge in [0.2, 0.25) is 21.8 Å². The van der Waals surface area contributed by atoms with Crippen LogP contribution in [0.5, 0.6) is 0 Å². The molecule has 0 saturated carbocycles. The van der Waals surface area contributed by atoms with Gasteiger partial charge in [-0.1, -0.05) is 54.4 Å². The Morgan fingerprint density at radius 2 is 1.66 bits per heavy atom. The first kappa shape index (κ1) is 26.0. The van der Waals surface area contributed by atoms with Crippen LogP contribution in [0.3, 0.4) is 0 Å². The third kappa shape index (κ3) is 6.85. The van der Waals surface area contributed by atoms with Gasteiger partial charge in [-0.25, -0.2) is 8.42 Å². The molecule has 0 bridgehead atoms. The zero-order valence-electron chi connectivity index (χ0n) is 18.2. The summed E-state index contributed by atoms with van der Waals surface area (Å²) in [4.78, 5) is 27.5. The summed E-state index contributed by atoms with van der Waals surface area (Å²) in [5.41, 5.74) is 0.955. The maximum Gasteiger partial charge on any atom is 0.244 e. The number of hydrogen-bond acceptors (Lipinski definition) is 4. The van der Waals surface area contributed by atoms with Crippen molar-refractivity contribution in [2.24, 2.45) is 0 Å². The van der Waals surface area contributed by atoms with Crippen molar-refractivity contribution in [3.8, 4) is 0 Å². The third-order valence-corrected chi connectivity index (χ3v) is 6.50. The predicted octanol–water partition coefficient (Wildman–Crippen LogP) is 3.70. The highest BCUT2D eigenvalue weighted by atomic mass is 35.5. The van der Waals surface area contributed by atoms with Gasteiger partial charge in [0.15, 0.2) is 0 Å². The van der Waals surface area contributed by atoms with Gasteiger partial charge in [-0.15, -0.1) is 0 Å². The van der Waals surface area contributed by atoms with Crippen LogP contribution in [0.2, 0.25) is 10.0 Å². The molecule has 0 spiro atoms. The van der Waals surface area contributed by atoms with E-state index < -0.39 is 28.5 Å². The smallest absolute Gasteiger partial charge is 0.244 e. The Hall–Kier alpha value is -2.29. The van der Waals surface area contributed by atoms with Gasteiger partial charge in [-0.3, -0.25) is 13.9 Å². The van der Waals surface area contributed by atoms with Crippen LogP contribution in [0.25, 0.3) is 0 Å². The molecule has 2 amide bonds. The Balaban J connectivity index is 2.43. The molecule has 0 unspecified atom stereocenters. The lowest BCUT2D eigenvalue weighted by Gasteiger charge is -2.33. The molecule has 0 aliphatic carbocycles. The molecule has 2 aromatic carbocycles. The highest BCUT2D eigenvalue weighted by Crippen LogP contribution is 2.27. The predicted molar refractivity (Wildman–Crippen MR) is 128 cm³/mol. The van der Waals surface area contributed by atoms with Crippen molar-refractivity contribution in [1.82, 2.24) is 10.2 Å². The van der Waals surface area contributed by atoms with Gasteiger partial charge in [0.1, 0.15) is 12.6 Å². The number of carbonyl (C=O) groups is 2. The molecular weight excluding hydrogens is 473 g/mol. The van der Waals surface area contributed by atoms with E-state index in [1.165, 1.54) is 11.0 Å². The van der Waals surface area contributed by atoms with Crippen LogP contribution in [0.15, 0.2) is 48.5 Å². The molecule has 32 heavy (non-hydrogen) atoms. The lowest BCUT2D eigenvalue weighted by atomic mass is 10.1. The number of benzene rings is 2. The van der Waals surface area contributed by atoms with Gasteiger partial charge in [0.25, 0.3) is 0 Å². The summed E-state index contributed by atoms with van der Waals surface area (Å²) < 4.78 is 26.0. The van der Waals surface area contributed by atoms with Crippen molar-refractivity contribution < 1.29 is 18.0 Å². The number of para-hydroxylation sites is 1. The number of halogens is 2. The minimum absolute atomic E-state index is 0.117. The maximum absolute atomic E-state index is 13.4. The monoisotopic (exact) mass is 499 g/mol. The molecule has 0 fully saturated rings. The van der Waals surface area contributed by atoms with E-state index in [1.807, 2.05) is 0 Å². The first-order valence-corrected chi connectivity index (χ1v) is 12.7. The van der Waals surface area contributed by atoms with Crippen molar-refractivity contribution in [2.75, 3.05) is 23.7 Å². The molecule has 7 nitrogen and oxygen atoms in total. The lowest BCUT2D eigenvalue weighted by molar-refractivity contribution is -0.140. The van der Waals surface area contributed by atoms with E-state index in [4.69, 9.17) is 23.2 Å². The standard InChI is InChI=1S/C22H27Cl2N3O4S/c1-4-19(22(29)25-5-2)26(14-16-10-12-17(23)13-11-16)21(28)15-27(32(3,30)31)20-9-7-6-8-18(20)24/h6-13,19H,4-5,14-15H2,1-3H3,(H,25,29)/t19-/m0/s1. The van der Waals surface area contributed by atoms with E-state index >= 15 is 0 Å². The second-order valence-electron chi connectivity index (χ2n) is 7.19. The van der Waals surface area contributed by atoms with E-state index in [1.54, 1.807) is 56.3 Å². The van der Waals surface area contributed by atoms with E-state index in [-0.39, 0.29) is 23.2 Å². The number of nitrogens with one attached hydrogen (secondary N) is 1. The Bertz CT molecular complexity index is 1050. The molecule has 1 N–H and O–H groups in total. The fraction of sp³-hybridized carbons (Fsp3) is 0.364. The molecule has 10 heteroatoms. The van der Waals surface area contributed by atoms with Crippen molar-refractivity contribution in [2.45, 2.75) is 32.9 Å². The normalized spacial score (nSPS) is 12.2. The maximum atomic E-state index is 13.4. The summed E-state index contributed by atoms with van der Waals surface area (Å²) in [6, 6.07) is 12.5. The lowest BCUT2D eigenvalue weighted by Crippen LogP contribution is -2.52. The first-order chi connectivity index (χ1) is 15.1. The Morgan fingerprint density at radius 1 is 1.03 bits per heavy atom. The van der Waals surface area contributed by atoms with E-state index in [0.717, 1.165) is 16.1 Å². The van der Waals surface area contributed by atoms with E-state index in [0.29, 0.717) is 18.0 Å². The number of hydrogen-bond donors (Lipinski definition) is 1. The zero-order valence-corrected chi connectivity index (χ0v) is 20.5. The van der Waals surface area contributed by atoms with Crippen molar-refractivity contribution in [3.63, 3.8) is 0 Å². The van der Waals surface area contributed by atoms with Crippen molar-refractivity contribution in [1.29, 1.82) is 0 Å². The van der Waals surface area contributed by atoms with E-state index in [2.05, 4.69) is 5.32 Å². The topological polar surface area (TPSA) is 86.8 Å². The second-order valence-corrected chi connectivity index (χ2v) is 9.94. The van der Waals surface area contributed by atoms with Gasteiger partial charge < -0.3 is 10.2 Å². The van der Waals surface area contributed by atoms with Gasteiger partial charge >= 0.3 is 0 Å². The third-order valence-electron chi connectivity index (χ3n) is 4.80. The van der Waals surface area contributed by atoms with E-state index in [9.17, 15) is 18.0 Å². The van der Waals surface area contributed by atoms with Gasteiger partial charge in [0.05, 0.1) is 17.0 Å². The molecule has 0 saturated heterocycles. The van der Waals surface area contributed by atoms with Crippen LogP contribution in [0, 0.1) is 0 Å². The fourth-order valence-electron chi connectivity index (χ4n) is 3.25. The number of likely N-dealkylation sites (N-methyl/N-ethyl adjacent to an activating group) is 1. The number of sulfonamides is 1. The Labute approximate surface area is 199 Å². The SMILES string of the molecule is CCNC(=O)[C@H](CC)N(Cc1ccc(Cl)cc1)C(=O)CN(c1ccccc1Cl)S(C)(=O)=O. The second kappa shape index (κ2) is 11.5. The number of anilines is 1. The largest absolute Gasteiger partial charge is 0.355 e. The highest BCUT2D eigenvalue weighted by Gasteiger charge is 2.32. The quantitative estimate of drug-likeness (QED) is 0.539. The summed E-state index contributed by atoms with van der Waals surface area (Å²) >= 11 is 12.2. The average Bonchev–Trinajstić information content (AvgIpc) is 2.73. The van der Waals surface area contributed by atoms with Crippen LogP contribution in [0.4, 0.5) is 5.69 Å². The van der Waals surface area contributed by atoms with Gasteiger partial charge in [-0.2, -0.15) is 0 Å². The Morgan fingerprint density at radius 3 is 2.19 bits per heavy atom. The zero-order chi connectivity index (χ0) is 23.9. The molecule has 2 aromatic rings. The molecule has 1 atom stereocenters. The van der Waals surface area contributed by atoms with Crippen LogP contribution < -0.4 is 9.62 Å². The van der Waals surface area contributed by atoms with Gasteiger partial charge in [0, 0.05) is 18.1 Å². The fourth-order valence-corrected chi connectivity index (χ4v) is 4.52. The number of nitrogens with zero attached hydrogens (tertiary/aromatic N) is 2. The summed E-state index contributed by atoms with van der Waals surface area (Å²) in [5.74, 6) is -0.829. The molecule has 0 aromatic heterocycles. The number of rotatable bonds is 10. The van der Waals surface area contributed by atoms with Crippen LogP contribution in [0.1, 0.15) is 25.8 Å². The molecule has 0 radical (unpaired) electrons. The van der Waals surface area contributed by atoms with Gasteiger partial charge in [-0.05, 0) is 43.2 Å². The molecule has 2 rings (SSSR count). The van der Waals surface area contributed by atoms with Crippen LogP contribution in [-0.2, 0) is 26.2 Å². The van der Waals surface area contributed by atoms with Crippen LogP contribution in [-0.4, -0.2) is 50.5 Å². The summed E-state index contributed by atoms with van der Waals surface area (Å²) in [7, 11) is -3.83. The Kier molecular flexibility index (Phi) is 9.36. The summed E-state index contributed by atoms with van der Waals surface area (Å²) in [5, 5.41) is 3.49. The molecular formula is C22H27Cl2N3O4S. The van der Waals surface area contributed by atoms with Crippen LogP contribution >= 0.6 is 23.2 Å². The number of carbonyl (C=O) groups excluding carboxylic acids is 2. The first-order valence-electron chi connectivity index (χ1n) is 10.1. The minimum atomic E-state index is -3.83. The minimum Gasteiger partial charge on any atom is -0.355 e. The van der Waals surface area contributed by atoms with Crippen molar-refractivity contribution in [3.05, 3.63) is 64.1 Å². The average molecular weight is 500 g/mol. The van der Waals surface area contributed by atoms with Crippen molar-refractivity contribution >= 4 is 50.7 Å². The molecule has 0 heterocycles. The summed E-state index contributed by atoms with van der Waals surface area (Å²) in [6.45, 7) is 3.62. The molecule has 0 aliphatic rings. The molecule has 174 valence electrons.